The van der Waals surface area contributed by atoms with Crippen molar-refractivity contribution in [3.8, 4) is 0 Å². The lowest BCUT2D eigenvalue weighted by atomic mass is 9.47. The van der Waals surface area contributed by atoms with Gasteiger partial charge in [-0.2, -0.15) is 0 Å². The fraction of sp³-hybridized carbons (Fsp3) is 0.792. The summed E-state index contributed by atoms with van der Waals surface area (Å²) in [5.41, 5.74) is 3.80. The van der Waals surface area contributed by atoms with E-state index in [1.165, 1.54) is 44.1 Å². The Labute approximate surface area is 157 Å². The highest BCUT2D eigenvalue weighted by Crippen LogP contribution is 2.64. The van der Waals surface area contributed by atoms with Crippen LogP contribution in [0.3, 0.4) is 0 Å². The Bertz CT molecular complexity index is 514. The molecule has 1 heteroatoms. The highest BCUT2D eigenvalue weighted by atomic mass is 16.1. The van der Waals surface area contributed by atoms with Gasteiger partial charge in [-0.25, -0.2) is 0 Å². The van der Waals surface area contributed by atoms with Crippen LogP contribution in [-0.4, -0.2) is 6.29 Å². The van der Waals surface area contributed by atoms with Gasteiger partial charge in [0, 0.05) is 0 Å². The highest BCUT2D eigenvalue weighted by Gasteiger charge is 2.55. The summed E-state index contributed by atoms with van der Waals surface area (Å²) in [5, 5.41) is 0. The molecule has 1 nitrogen and oxygen atoms in total. The molecule has 0 radical (unpaired) electrons. The summed E-state index contributed by atoms with van der Waals surface area (Å²) in [7, 11) is 0. The monoisotopic (exact) mass is 346 g/mol. The van der Waals surface area contributed by atoms with Crippen molar-refractivity contribution >= 4 is 6.29 Å². The van der Waals surface area contributed by atoms with Crippen molar-refractivity contribution in [1.29, 1.82) is 0 Å². The molecule has 0 saturated heterocycles. The molecule has 0 spiro atoms. The third-order valence-corrected chi connectivity index (χ3v) is 7.74. The molecule has 0 aromatic heterocycles. The lowest BCUT2D eigenvalue weighted by Crippen LogP contribution is -2.49. The number of aldehydes is 1. The Morgan fingerprint density at radius 2 is 1.88 bits per heavy atom. The molecular weight excluding hydrogens is 304 g/mol. The van der Waals surface area contributed by atoms with Crippen LogP contribution in [-0.2, 0) is 4.79 Å². The molecule has 5 unspecified atom stereocenters. The average Bonchev–Trinajstić information content (AvgIpc) is 2.88. The van der Waals surface area contributed by atoms with Crippen molar-refractivity contribution < 1.29 is 4.79 Å². The molecule has 0 aliphatic heterocycles. The van der Waals surface area contributed by atoms with E-state index in [0.29, 0.717) is 5.41 Å². The second kappa shape index (κ2) is 8.69. The Hall–Kier alpha value is -0.850. The average molecular weight is 347 g/mol. The Morgan fingerprint density at radius 1 is 1.20 bits per heavy atom. The van der Waals surface area contributed by atoms with Crippen molar-refractivity contribution in [1.82, 2.24) is 0 Å². The Balaban J connectivity index is 0.00000101. The van der Waals surface area contributed by atoms with E-state index in [9.17, 15) is 4.79 Å². The molecule has 0 amide bonds. The lowest BCUT2D eigenvalue weighted by molar-refractivity contribution is -0.104. The number of rotatable bonds is 3. The molecule has 144 valence electrons. The SMILES string of the molecule is C.CC.CCCC1(C)/C(=C\C=O)CCC2C3CC=C(C)C3(C)CCC21. The minimum atomic E-state index is 0. The van der Waals surface area contributed by atoms with Crippen LogP contribution in [0.15, 0.2) is 23.3 Å². The first-order valence-corrected chi connectivity index (χ1v) is 10.3. The zero-order valence-electron chi connectivity index (χ0n) is 16.8. The van der Waals surface area contributed by atoms with E-state index in [2.05, 4.69) is 33.8 Å². The van der Waals surface area contributed by atoms with Crippen LogP contribution < -0.4 is 0 Å². The minimum absolute atomic E-state index is 0. The first-order valence-electron chi connectivity index (χ1n) is 10.3. The van der Waals surface area contributed by atoms with Gasteiger partial charge >= 0.3 is 0 Å². The second-order valence-electron chi connectivity index (χ2n) is 8.49. The van der Waals surface area contributed by atoms with Gasteiger partial charge in [0.1, 0.15) is 6.29 Å². The largest absolute Gasteiger partial charge is 0.299 e. The van der Waals surface area contributed by atoms with Crippen molar-refractivity contribution in [2.75, 3.05) is 0 Å². The topological polar surface area (TPSA) is 17.1 Å². The summed E-state index contributed by atoms with van der Waals surface area (Å²) >= 11 is 0. The normalized spacial score (nSPS) is 40.8. The van der Waals surface area contributed by atoms with Crippen molar-refractivity contribution in [3.63, 3.8) is 0 Å². The molecule has 0 aromatic carbocycles. The Morgan fingerprint density at radius 3 is 2.48 bits per heavy atom. The zero-order chi connectivity index (χ0) is 18.0. The van der Waals surface area contributed by atoms with Crippen LogP contribution in [0.4, 0.5) is 0 Å². The number of hydrogen-bond donors (Lipinski definition) is 0. The van der Waals surface area contributed by atoms with E-state index >= 15 is 0 Å². The first-order chi connectivity index (χ1) is 11.5. The third-order valence-electron chi connectivity index (χ3n) is 7.74. The smallest absolute Gasteiger partial charge is 0.142 e. The first kappa shape index (κ1) is 22.2. The maximum Gasteiger partial charge on any atom is 0.142 e. The van der Waals surface area contributed by atoms with E-state index < -0.39 is 0 Å². The molecule has 5 atom stereocenters. The number of carbonyl (C=O) groups excluding carboxylic acids is 1. The molecule has 0 bridgehead atoms. The van der Waals surface area contributed by atoms with E-state index in [1.807, 2.05) is 19.9 Å². The summed E-state index contributed by atoms with van der Waals surface area (Å²) in [4.78, 5) is 11.1. The summed E-state index contributed by atoms with van der Waals surface area (Å²) in [6.07, 6.45) is 14.3. The number of fused-ring (bicyclic) bond motifs is 3. The van der Waals surface area contributed by atoms with Gasteiger partial charge < -0.3 is 0 Å². The van der Waals surface area contributed by atoms with Gasteiger partial charge in [-0.3, -0.25) is 4.79 Å². The quantitative estimate of drug-likeness (QED) is 0.296. The van der Waals surface area contributed by atoms with Crippen LogP contribution >= 0.6 is 0 Å². The van der Waals surface area contributed by atoms with Gasteiger partial charge in [0.05, 0.1) is 0 Å². The Kier molecular flexibility index (Phi) is 7.71. The minimum Gasteiger partial charge on any atom is -0.299 e. The van der Waals surface area contributed by atoms with Crippen LogP contribution in [0.1, 0.15) is 93.9 Å². The predicted octanol–water partition coefficient (Wildman–Crippen LogP) is 7.37. The van der Waals surface area contributed by atoms with Crippen LogP contribution in [0.2, 0.25) is 0 Å². The highest BCUT2D eigenvalue weighted by molar-refractivity contribution is 5.66. The molecule has 2 fully saturated rings. The standard InChI is InChI=1S/C21H32O.C2H6.CH4/c1-5-12-21(4)16(11-14-22)7-8-17-18-9-6-15(2)20(18,3)13-10-19(17)21;1-2;/h6,11,14,17-19H,5,7-10,12-13H2,1-4H3;1-2H3;1H4/b16-11-;;. The fourth-order valence-electron chi connectivity index (χ4n) is 6.33. The van der Waals surface area contributed by atoms with Crippen molar-refractivity contribution in [2.24, 2.45) is 28.6 Å². The second-order valence-corrected chi connectivity index (χ2v) is 8.49. The van der Waals surface area contributed by atoms with E-state index in [-0.39, 0.29) is 12.8 Å². The maximum absolute atomic E-state index is 11.1. The molecule has 0 heterocycles. The van der Waals surface area contributed by atoms with E-state index in [4.69, 9.17) is 0 Å². The molecule has 25 heavy (non-hydrogen) atoms. The third kappa shape index (κ3) is 3.53. The predicted molar refractivity (Wildman–Crippen MR) is 111 cm³/mol. The fourth-order valence-corrected chi connectivity index (χ4v) is 6.33. The number of allylic oxidation sites excluding steroid dienone is 4. The molecule has 0 aromatic rings. The van der Waals surface area contributed by atoms with Crippen LogP contribution in [0, 0.1) is 28.6 Å². The molecule has 0 N–H and O–H groups in total. The van der Waals surface area contributed by atoms with Gasteiger partial charge in [-0.1, -0.05) is 65.7 Å². The summed E-state index contributed by atoms with van der Waals surface area (Å²) in [6, 6.07) is 0. The van der Waals surface area contributed by atoms with Crippen molar-refractivity contribution in [3.05, 3.63) is 23.3 Å². The van der Waals surface area contributed by atoms with Crippen LogP contribution in [0.5, 0.6) is 0 Å². The summed E-state index contributed by atoms with van der Waals surface area (Å²) in [6.45, 7) is 13.6. The van der Waals surface area contributed by atoms with Crippen molar-refractivity contribution in [2.45, 2.75) is 93.9 Å². The van der Waals surface area contributed by atoms with E-state index in [1.54, 1.807) is 5.57 Å². The lowest BCUT2D eigenvalue weighted by Gasteiger charge is -2.57. The molecule has 3 aliphatic carbocycles. The molecule has 3 aliphatic rings. The summed E-state index contributed by atoms with van der Waals surface area (Å²) in [5.74, 6) is 2.48. The van der Waals surface area contributed by atoms with Gasteiger partial charge in [-0.15, -0.1) is 0 Å². The van der Waals surface area contributed by atoms with Crippen LogP contribution in [0.25, 0.3) is 0 Å². The van der Waals surface area contributed by atoms with Gasteiger partial charge in [0.2, 0.25) is 0 Å². The number of hydrogen-bond acceptors (Lipinski definition) is 1. The number of carbonyl (C=O) groups is 1. The van der Waals surface area contributed by atoms with E-state index in [0.717, 1.165) is 30.5 Å². The molecule has 2 saturated carbocycles. The zero-order valence-corrected chi connectivity index (χ0v) is 16.8. The molecule has 3 rings (SSSR count). The van der Waals surface area contributed by atoms with Gasteiger partial charge in [0.25, 0.3) is 0 Å². The van der Waals surface area contributed by atoms with Gasteiger partial charge in [0.15, 0.2) is 0 Å². The maximum atomic E-state index is 11.1. The summed E-state index contributed by atoms with van der Waals surface area (Å²) < 4.78 is 0. The van der Waals surface area contributed by atoms with Gasteiger partial charge in [-0.05, 0) is 80.1 Å². The molecular formula is C24H42O.